The van der Waals surface area contributed by atoms with Gasteiger partial charge in [0, 0.05) is 35.0 Å². The average Bonchev–Trinajstić information content (AvgIpc) is 3.46. The fourth-order valence-corrected chi connectivity index (χ4v) is 4.14. The van der Waals surface area contributed by atoms with Crippen molar-refractivity contribution in [2.45, 2.75) is 6.92 Å². The standard InChI is InChI=1S/C22H17N5O2S2/c1-15(28)27(19-5-3-2-4-6-19)22-24-18(13-30-22)11-12-21(29)23-17-9-7-16(8-10-17)20-14-31-26-25-20/h2-14H,1H3,(H,23,29)/b12-11+. The molecule has 0 atom stereocenters. The van der Waals surface area contributed by atoms with Crippen LogP contribution in [0.3, 0.4) is 0 Å². The molecule has 0 radical (unpaired) electrons. The van der Waals surface area contributed by atoms with E-state index in [-0.39, 0.29) is 11.8 Å². The van der Waals surface area contributed by atoms with Crippen LogP contribution in [0.15, 0.2) is 71.4 Å². The van der Waals surface area contributed by atoms with E-state index in [1.165, 1.54) is 35.9 Å². The predicted octanol–water partition coefficient (Wildman–Crippen LogP) is 5.00. The lowest BCUT2D eigenvalue weighted by Gasteiger charge is -2.17. The van der Waals surface area contributed by atoms with Crippen LogP contribution in [0.25, 0.3) is 17.3 Å². The lowest BCUT2D eigenvalue weighted by atomic mass is 10.1. The smallest absolute Gasteiger partial charge is 0.248 e. The van der Waals surface area contributed by atoms with Crippen molar-refractivity contribution in [3.63, 3.8) is 0 Å². The first-order valence-corrected chi connectivity index (χ1v) is 11.0. The van der Waals surface area contributed by atoms with Gasteiger partial charge in [-0.1, -0.05) is 34.8 Å². The third kappa shape index (κ3) is 5.08. The fourth-order valence-electron chi connectivity index (χ4n) is 2.82. The lowest BCUT2D eigenvalue weighted by Crippen LogP contribution is -2.22. The minimum Gasteiger partial charge on any atom is -0.323 e. The first-order chi connectivity index (χ1) is 15.1. The summed E-state index contributed by atoms with van der Waals surface area (Å²) in [6, 6.07) is 16.7. The molecular weight excluding hydrogens is 430 g/mol. The van der Waals surface area contributed by atoms with Crippen molar-refractivity contribution in [1.82, 2.24) is 14.6 Å². The predicted molar refractivity (Wildman–Crippen MR) is 124 cm³/mol. The quantitative estimate of drug-likeness (QED) is 0.420. The van der Waals surface area contributed by atoms with Crippen LogP contribution >= 0.6 is 22.9 Å². The number of thiazole rings is 1. The molecule has 31 heavy (non-hydrogen) atoms. The van der Waals surface area contributed by atoms with Crippen LogP contribution in [0.5, 0.6) is 0 Å². The Hall–Kier alpha value is -3.69. The number of rotatable bonds is 6. The number of anilines is 3. The van der Waals surface area contributed by atoms with E-state index in [2.05, 4.69) is 19.9 Å². The van der Waals surface area contributed by atoms with Gasteiger partial charge in [-0.3, -0.25) is 14.5 Å². The van der Waals surface area contributed by atoms with Gasteiger partial charge in [0.25, 0.3) is 0 Å². The highest BCUT2D eigenvalue weighted by Gasteiger charge is 2.17. The number of carbonyl (C=O) groups is 2. The fraction of sp³-hybridized carbons (Fsp3) is 0.0455. The van der Waals surface area contributed by atoms with Crippen LogP contribution in [0.4, 0.5) is 16.5 Å². The van der Waals surface area contributed by atoms with Gasteiger partial charge in [0.1, 0.15) is 5.69 Å². The second kappa shape index (κ2) is 9.41. The number of carbonyl (C=O) groups excluding carboxylic acids is 2. The number of nitrogens with zero attached hydrogens (tertiary/aromatic N) is 4. The van der Waals surface area contributed by atoms with Crippen LogP contribution in [0.1, 0.15) is 12.6 Å². The van der Waals surface area contributed by atoms with Gasteiger partial charge in [-0.15, -0.1) is 16.4 Å². The first kappa shape index (κ1) is 20.6. The zero-order chi connectivity index (χ0) is 21.6. The lowest BCUT2D eigenvalue weighted by molar-refractivity contribution is -0.116. The maximum absolute atomic E-state index is 12.3. The number of benzene rings is 2. The van der Waals surface area contributed by atoms with Gasteiger partial charge in [0.2, 0.25) is 11.8 Å². The largest absolute Gasteiger partial charge is 0.323 e. The van der Waals surface area contributed by atoms with E-state index in [1.807, 2.05) is 60.0 Å². The summed E-state index contributed by atoms with van der Waals surface area (Å²) in [6.07, 6.45) is 3.03. The average molecular weight is 448 g/mol. The molecule has 0 aliphatic heterocycles. The molecule has 2 aromatic heterocycles. The Bertz CT molecular complexity index is 1200. The molecule has 0 spiro atoms. The molecule has 0 aliphatic rings. The number of hydrogen-bond acceptors (Lipinski definition) is 7. The molecular formula is C22H17N5O2S2. The van der Waals surface area contributed by atoms with Crippen LogP contribution in [0, 0.1) is 0 Å². The molecule has 0 fully saturated rings. The van der Waals surface area contributed by atoms with E-state index in [0.29, 0.717) is 16.5 Å². The number of para-hydroxylation sites is 1. The van der Waals surface area contributed by atoms with Crippen LogP contribution in [-0.4, -0.2) is 26.4 Å². The molecule has 2 amide bonds. The highest BCUT2D eigenvalue weighted by atomic mass is 32.1. The van der Waals surface area contributed by atoms with E-state index in [4.69, 9.17) is 0 Å². The number of amides is 2. The summed E-state index contributed by atoms with van der Waals surface area (Å²) in [5.74, 6) is -0.408. The van der Waals surface area contributed by atoms with E-state index in [9.17, 15) is 9.59 Å². The van der Waals surface area contributed by atoms with Crippen molar-refractivity contribution in [2.75, 3.05) is 10.2 Å². The molecule has 9 heteroatoms. The van der Waals surface area contributed by atoms with Gasteiger partial charge in [0.05, 0.1) is 11.4 Å². The van der Waals surface area contributed by atoms with Gasteiger partial charge in [-0.2, -0.15) is 0 Å². The number of nitrogens with one attached hydrogen (secondary N) is 1. The molecule has 1 N–H and O–H groups in total. The molecule has 2 aromatic carbocycles. The Labute approximate surface area is 186 Å². The van der Waals surface area contributed by atoms with Gasteiger partial charge in [-0.25, -0.2) is 4.98 Å². The molecule has 4 aromatic rings. The van der Waals surface area contributed by atoms with Gasteiger partial charge in [0.15, 0.2) is 5.13 Å². The Morgan fingerprint density at radius 3 is 2.48 bits per heavy atom. The second-order valence-corrected chi connectivity index (χ2v) is 7.88. The Kier molecular flexibility index (Phi) is 6.25. The maximum Gasteiger partial charge on any atom is 0.248 e. The van der Waals surface area contributed by atoms with E-state index < -0.39 is 0 Å². The molecule has 0 unspecified atom stereocenters. The van der Waals surface area contributed by atoms with Crippen LogP contribution < -0.4 is 10.2 Å². The van der Waals surface area contributed by atoms with E-state index in [1.54, 1.807) is 16.4 Å². The summed E-state index contributed by atoms with van der Waals surface area (Å²) < 4.78 is 3.85. The zero-order valence-corrected chi connectivity index (χ0v) is 18.1. The molecule has 0 aliphatic carbocycles. The molecule has 0 bridgehead atoms. The summed E-state index contributed by atoms with van der Waals surface area (Å²) in [6.45, 7) is 1.49. The van der Waals surface area contributed by atoms with Crippen LogP contribution in [-0.2, 0) is 9.59 Å². The van der Waals surface area contributed by atoms with Gasteiger partial charge >= 0.3 is 0 Å². The third-order valence-corrected chi connectivity index (χ3v) is 5.59. The number of hydrogen-bond donors (Lipinski definition) is 1. The monoisotopic (exact) mass is 447 g/mol. The Balaban J connectivity index is 1.41. The Morgan fingerprint density at radius 1 is 1.03 bits per heavy atom. The van der Waals surface area contributed by atoms with Crippen molar-refractivity contribution in [1.29, 1.82) is 0 Å². The Morgan fingerprint density at radius 2 is 1.81 bits per heavy atom. The molecule has 2 heterocycles. The third-order valence-electron chi connectivity index (χ3n) is 4.24. The van der Waals surface area contributed by atoms with E-state index >= 15 is 0 Å². The molecule has 0 saturated carbocycles. The summed E-state index contributed by atoms with van der Waals surface area (Å²) in [5.41, 5.74) is 3.76. The minimum absolute atomic E-state index is 0.134. The normalized spacial score (nSPS) is 10.9. The second-order valence-electron chi connectivity index (χ2n) is 6.44. The molecule has 154 valence electrons. The van der Waals surface area contributed by atoms with E-state index in [0.717, 1.165) is 16.9 Å². The topological polar surface area (TPSA) is 88.1 Å². The minimum atomic E-state index is -0.274. The zero-order valence-electron chi connectivity index (χ0n) is 16.4. The SMILES string of the molecule is CC(=O)N(c1ccccc1)c1nc(/C=C/C(=O)Nc2ccc(-c3csnn3)cc2)cs1. The van der Waals surface area contributed by atoms with Crippen molar-refractivity contribution in [2.24, 2.45) is 0 Å². The maximum atomic E-state index is 12.3. The highest BCUT2D eigenvalue weighted by Crippen LogP contribution is 2.29. The van der Waals surface area contributed by atoms with Gasteiger partial charge in [-0.05, 0) is 41.9 Å². The van der Waals surface area contributed by atoms with Crippen molar-refractivity contribution < 1.29 is 9.59 Å². The van der Waals surface area contributed by atoms with Crippen molar-refractivity contribution >= 4 is 57.3 Å². The number of aromatic nitrogens is 3. The summed E-state index contributed by atoms with van der Waals surface area (Å²) in [7, 11) is 0. The molecule has 0 saturated heterocycles. The summed E-state index contributed by atoms with van der Waals surface area (Å²) in [5, 5.41) is 11.0. The summed E-state index contributed by atoms with van der Waals surface area (Å²) in [4.78, 5) is 30.4. The first-order valence-electron chi connectivity index (χ1n) is 9.28. The summed E-state index contributed by atoms with van der Waals surface area (Å²) >= 11 is 2.63. The molecule has 7 nitrogen and oxygen atoms in total. The van der Waals surface area contributed by atoms with Crippen LogP contribution in [0.2, 0.25) is 0 Å². The van der Waals surface area contributed by atoms with Crippen molar-refractivity contribution in [3.8, 4) is 11.3 Å². The highest BCUT2D eigenvalue weighted by molar-refractivity contribution is 7.14. The molecule has 4 rings (SSSR count). The van der Waals surface area contributed by atoms with Gasteiger partial charge < -0.3 is 5.32 Å². The van der Waals surface area contributed by atoms with Crippen molar-refractivity contribution in [3.05, 3.63) is 77.1 Å².